The van der Waals surface area contributed by atoms with Crippen LogP contribution in [-0.4, -0.2) is 32.3 Å². The van der Waals surface area contributed by atoms with E-state index < -0.39 is 21.4 Å². The molecule has 38 heavy (non-hydrogen) atoms. The fraction of sp³-hybridized carbons (Fsp3) is 0.367. The Labute approximate surface area is 225 Å². The Balaban J connectivity index is 1.77. The first kappa shape index (κ1) is 27.7. The lowest BCUT2D eigenvalue weighted by Crippen LogP contribution is -2.47. The Hall–Kier alpha value is -3.36. The molecule has 4 rings (SSSR count). The molecule has 0 amide bonds. The lowest BCUT2D eigenvalue weighted by molar-refractivity contribution is -0.211. The summed E-state index contributed by atoms with van der Waals surface area (Å²) in [5.74, 6) is 0.512. The summed E-state index contributed by atoms with van der Waals surface area (Å²) in [4.78, 5) is 21.3. The molecule has 1 atom stereocenters. The molecule has 0 saturated carbocycles. The second-order valence-corrected chi connectivity index (χ2v) is 12.2. The van der Waals surface area contributed by atoms with Crippen molar-refractivity contribution in [1.82, 2.24) is 4.31 Å². The maximum Gasteiger partial charge on any atom is 0.352 e. The smallest absolute Gasteiger partial charge is 0.352 e. The first-order valence-corrected chi connectivity index (χ1v) is 14.1. The van der Waals surface area contributed by atoms with Crippen molar-refractivity contribution in [2.75, 3.05) is 13.7 Å². The number of fused-ring (bicyclic) bond motifs is 1. The van der Waals surface area contributed by atoms with Crippen molar-refractivity contribution in [3.8, 4) is 22.6 Å². The van der Waals surface area contributed by atoms with Crippen LogP contribution in [0, 0.1) is 6.92 Å². The predicted molar refractivity (Wildman–Crippen MR) is 147 cm³/mol. The molecule has 0 radical (unpaired) electrons. The summed E-state index contributed by atoms with van der Waals surface area (Å²) in [6, 6.07) is 16.9. The number of carbonyl (C=O) groups is 1. The molecular formula is C30H35NO6S. The molecule has 202 valence electrons. The lowest BCUT2D eigenvalue weighted by Gasteiger charge is -2.43. The van der Waals surface area contributed by atoms with Crippen molar-refractivity contribution in [2.45, 2.75) is 64.3 Å². The third-order valence-corrected chi connectivity index (χ3v) is 9.33. The van der Waals surface area contributed by atoms with E-state index in [4.69, 9.17) is 9.62 Å². The number of benzene rings is 3. The second-order valence-electron chi connectivity index (χ2n) is 10.3. The van der Waals surface area contributed by atoms with Crippen LogP contribution in [0.4, 0.5) is 0 Å². The first-order valence-electron chi connectivity index (χ1n) is 12.7. The molecule has 1 aliphatic rings. The molecule has 0 bridgehead atoms. The van der Waals surface area contributed by atoms with Crippen LogP contribution in [-0.2, 0) is 31.5 Å². The van der Waals surface area contributed by atoms with E-state index in [-0.39, 0.29) is 10.9 Å². The van der Waals surface area contributed by atoms with E-state index >= 15 is 0 Å². The van der Waals surface area contributed by atoms with Gasteiger partial charge in [0.1, 0.15) is 5.75 Å². The van der Waals surface area contributed by atoms with E-state index in [0.29, 0.717) is 29.8 Å². The first-order chi connectivity index (χ1) is 17.9. The number of hydrogen-bond acceptors (Lipinski definition) is 6. The molecule has 7 nitrogen and oxygen atoms in total. The topological polar surface area (TPSA) is 82.1 Å². The molecule has 8 heteroatoms. The van der Waals surface area contributed by atoms with E-state index in [1.807, 2.05) is 38.1 Å². The van der Waals surface area contributed by atoms with Crippen LogP contribution in [0.15, 0.2) is 59.5 Å². The molecule has 0 fully saturated rings. The standard InChI is InChI=1S/C30H35NO6S/c1-8-25-19(2)28(37-36-21(4)32)15-16-29(25)38(33,34)31-18-30(5,6)27-14-11-23(17-26(27)20(31)3)22-9-12-24(35-7)13-10-22/h9-17,20H,8,18H2,1-7H3. The number of rotatable bonds is 7. The van der Waals surface area contributed by atoms with Gasteiger partial charge in [-0.3, -0.25) is 9.78 Å². The number of carbonyl (C=O) groups excluding carboxylic acids is 1. The molecule has 0 N–H and O–H groups in total. The number of methoxy groups -OCH3 is 1. The minimum atomic E-state index is -3.87. The molecular weight excluding hydrogens is 502 g/mol. The molecule has 0 saturated heterocycles. The van der Waals surface area contributed by atoms with E-state index in [1.165, 1.54) is 6.92 Å². The SMILES string of the molecule is CCc1c(S(=O)(=O)N2CC(C)(C)c3ccc(-c4ccc(OC)cc4)cc3C2C)ccc(OOC(C)=O)c1C. The van der Waals surface area contributed by atoms with Crippen molar-refractivity contribution >= 4 is 16.0 Å². The van der Waals surface area contributed by atoms with Crippen molar-refractivity contribution < 1.29 is 27.7 Å². The third-order valence-electron chi connectivity index (χ3n) is 7.33. The highest BCUT2D eigenvalue weighted by Gasteiger charge is 2.42. The summed E-state index contributed by atoms with van der Waals surface area (Å²) in [5.41, 5.74) is 5.05. The summed E-state index contributed by atoms with van der Waals surface area (Å²) in [6.45, 7) is 11.4. The van der Waals surface area contributed by atoms with Gasteiger partial charge in [0.05, 0.1) is 12.0 Å². The molecule has 0 aromatic heterocycles. The van der Waals surface area contributed by atoms with Gasteiger partial charge in [-0.1, -0.05) is 45.0 Å². The fourth-order valence-electron chi connectivity index (χ4n) is 5.26. The van der Waals surface area contributed by atoms with Gasteiger partial charge in [0.15, 0.2) is 5.75 Å². The van der Waals surface area contributed by atoms with Gasteiger partial charge < -0.3 is 4.74 Å². The Bertz CT molecular complexity index is 1460. The van der Waals surface area contributed by atoms with Crippen molar-refractivity contribution in [1.29, 1.82) is 0 Å². The monoisotopic (exact) mass is 537 g/mol. The average Bonchev–Trinajstić information content (AvgIpc) is 2.89. The minimum Gasteiger partial charge on any atom is -0.497 e. The quantitative estimate of drug-likeness (QED) is 0.266. The van der Waals surface area contributed by atoms with Crippen LogP contribution in [0.3, 0.4) is 0 Å². The van der Waals surface area contributed by atoms with Crippen molar-refractivity contribution in [3.63, 3.8) is 0 Å². The summed E-state index contributed by atoms with van der Waals surface area (Å²) in [7, 11) is -2.23. The largest absolute Gasteiger partial charge is 0.497 e. The van der Waals surface area contributed by atoms with Gasteiger partial charge in [-0.25, -0.2) is 13.2 Å². The number of hydrogen-bond donors (Lipinski definition) is 0. The summed E-state index contributed by atoms with van der Waals surface area (Å²) in [6.07, 6.45) is 0.474. The Morgan fingerprint density at radius 2 is 1.71 bits per heavy atom. The minimum absolute atomic E-state index is 0.241. The van der Waals surface area contributed by atoms with E-state index in [2.05, 4.69) is 36.9 Å². The number of sulfonamides is 1. The lowest BCUT2D eigenvalue weighted by atomic mass is 9.76. The zero-order valence-electron chi connectivity index (χ0n) is 23.0. The Morgan fingerprint density at radius 1 is 1.05 bits per heavy atom. The maximum absolute atomic E-state index is 14.2. The second kappa shape index (κ2) is 10.4. The third kappa shape index (κ3) is 5.02. The van der Waals surface area contributed by atoms with Crippen LogP contribution in [0.5, 0.6) is 11.5 Å². The van der Waals surface area contributed by atoms with Gasteiger partial charge in [-0.05, 0) is 78.4 Å². The summed E-state index contributed by atoms with van der Waals surface area (Å²) in [5, 5.41) is 0. The molecule has 1 unspecified atom stereocenters. The highest BCUT2D eigenvalue weighted by atomic mass is 32.2. The predicted octanol–water partition coefficient (Wildman–Crippen LogP) is 6.13. The average molecular weight is 538 g/mol. The summed E-state index contributed by atoms with van der Waals surface area (Å²) < 4.78 is 35.3. The van der Waals surface area contributed by atoms with Gasteiger partial charge in [-0.2, -0.15) is 4.31 Å². The Morgan fingerprint density at radius 3 is 2.32 bits per heavy atom. The van der Waals surface area contributed by atoms with Crippen LogP contribution >= 0.6 is 0 Å². The molecule has 3 aromatic carbocycles. The fourth-order valence-corrected chi connectivity index (χ4v) is 7.38. The zero-order chi connectivity index (χ0) is 27.8. The van der Waals surface area contributed by atoms with Gasteiger partial charge >= 0.3 is 5.97 Å². The van der Waals surface area contributed by atoms with Crippen molar-refractivity contribution in [2.24, 2.45) is 0 Å². The molecule has 3 aromatic rings. The molecule has 1 heterocycles. The molecule has 1 aliphatic heterocycles. The van der Waals surface area contributed by atoms with Gasteiger partial charge in [-0.15, -0.1) is 0 Å². The van der Waals surface area contributed by atoms with Crippen LogP contribution in [0.1, 0.15) is 62.9 Å². The molecule has 0 aliphatic carbocycles. The Kier molecular flexibility index (Phi) is 7.59. The van der Waals surface area contributed by atoms with Crippen LogP contribution in [0.2, 0.25) is 0 Å². The summed E-state index contributed by atoms with van der Waals surface area (Å²) >= 11 is 0. The van der Waals surface area contributed by atoms with Crippen molar-refractivity contribution in [3.05, 3.63) is 76.9 Å². The van der Waals surface area contributed by atoms with E-state index in [0.717, 1.165) is 28.0 Å². The van der Waals surface area contributed by atoms with E-state index in [9.17, 15) is 13.2 Å². The highest BCUT2D eigenvalue weighted by Crippen LogP contribution is 2.44. The van der Waals surface area contributed by atoms with Gasteiger partial charge in [0.25, 0.3) is 0 Å². The molecule has 0 spiro atoms. The number of nitrogens with zero attached hydrogens (tertiary/aromatic N) is 1. The van der Waals surface area contributed by atoms with Crippen LogP contribution < -0.4 is 9.62 Å². The van der Waals surface area contributed by atoms with E-state index in [1.54, 1.807) is 30.5 Å². The normalized spacial score (nSPS) is 17.0. The highest BCUT2D eigenvalue weighted by molar-refractivity contribution is 7.89. The maximum atomic E-state index is 14.2. The van der Waals surface area contributed by atoms with Crippen LogP contribution in [0.25, 0.3) is 11.1 Å². The van der Waals surface area contributed by atoms with Gasteiger partial charge in [0.2, 0.25) is 10.0 Å². The van der Waals surface area contributed by atoms with Gasteiger partial charge in [0, 0.05) is 30.5 Å². The zero-order valence-corrected chi connectivity index (χ0v) is 23.8. The number of ether oxygens (including phenoxy) is 1.